The Kier molecular flexibility index (Phi) is 3.85. The maximum Gasteiger partial charge on any atom is 0.126 e. The lowest BCUT2D eigenvalue weighted by atomic mass is 10.00. The second-order valence-electron chi connectivity index (χ2n) is 6.70. The number of rotatable bonds is 4. The van der Waals surface area contributed by atoms with Crippen LogP contribution in [0, 0.1) is 5.82 Å². The van der Waals surface area contributed by atoms with E-state index in [1.54, 1.807) is 12.4 Å². The molecule has 2 aromatic carbocycles. The molecular weight excluding hydrogens is 341 g/mol. The van der Waals surface area contributed by atoms with Crippen molar-refractivity contribution in [3.05, 3.63) is 84.0 Å². The maximum absolute atomic E-state index is 14.4. The lowest BCUT2D eigenvalue weighted by Gasteiger charge is -2.11. The first-order valence-corrected chi connectivity index (χ1v) is 9.09. The highest BCUT2D eigenvalue weighted by atomic mass is 19.1. The fourth-order valence-corrected chi connectivity index (χ4v) is 3.81. The molecule has 0 aliphatic carbocycles. The average Bonchev–Trinajstić information content (AvgIpc) is 3.37. The van der Waals surface area contributed by atoms with Crippen molar-refractivity contribution >= 4 is 5.52 Å². The van der Waals surface area contributed by atoms with E-state index in [-0.39, 0.29) is 5.82 Å². The quantitative estimate of drug-likeness (QED) is 0.547. The van der Waals surface area contributed by atoms with Gasteiger partial charge in [0.25, 0.3) is 0 Å². The molecule has 27 heavy (non-hydrogen) atoms. The summed E-state index contributed by atoms with van der Waals surface area (Å²) in [7, 11) is 0. The Morgan fingerprint density at radius 2 is 1.93 bits per heavy atom. The van der Waals surface area contributed by atoms with Crippen LogP contribution in [-0.2, 0) is 19.3 Å². The number of fused-ring (bicyclic) bond motifs is 2. The first kappa shape index (κ1) is 16.0. The molecule has 1 aliphatic rings. The van der Waals surface area contributed by atoms with E-state index in [2.05, 4.69) is 22.1 Å². The van der Waals surface area contributed by atoms with Crippen LogP contribution in [0.1, 0.15) is 17.0 Å². The summed E-state index contributed by atoms with van der Waals surface area (Å²) < 4.78 is 22.0. The van der Waals surface area contributed by atoms with E-state index >= 15 is 0 Å². The van der Waals surface area contributed by atoms with Gasteiger partial charge in [-0.05, 0) is 29.7 Å². The van der Waals surface area contributed by atoms with Gasteiger partial charge in [-0.2, -0.15) is 0 Å². The molecule has 2 aromatic heterocycles. The zero-order chi connectivity index (χ0) is 18.2. The highest BCUT2D eigenvalue weighted by Crippen LogP contribution is 2.31. The Morgan fingerprint density at radius 1 is 1.04 bits per heavy atom. The van der Waals surface area contributed by atoms with Crippen LogP contribution in [0.2, 0.25) is 0 Å². The van der Waals surface area contributed by atoms with Crippen LogP contribution >= 0.6 is 0 Å². The number of imidazole rings is 1. The number of hydrogen-bond donors (Lipinski definition) is 0. The molecule has 0 saturated carbocycles. The summed E-state index contributed by atoms with van der Waals surface area (Å²) in [6, 6.07) is 13.4. The highest BCUT2D eigenvalue weighted by Gasteiger charge is 2.20. The van der Waals surface area contributed by atoms with Crippen LogP contribution in [0.3, 0.4) is 0 Å². The minimum atomic E-state index is -0.165. The van der Waals surface area contributed by atoms with Crippen molar-refractivity contribution in [3.63, 3.8) is 0 Å². The van der Waals surface area contributed by atoms with Gasteiger partial charge >= 0.3 is 0 Å². The molecule has 0 spiro atoms. The Bertz CT molecular complexity index is 1120. The molecule has 4 nitrogen and oxygen atoms in total. The molecule has 4 aromatic rings. The molecule has 1 aliphatic heterocycles. The van der Waals surface area contributed by atoms with E-state index in [0.29, 0.717) is 19.4 Å². The monoisotopic (exact) mass is 359 g/mol. The van der Waals surface area contributed by atoms with Crippen LogP contribution in [-0.4, -0.2) is 21.0 Å². The molecule has 5 heteroatoms. The van der Waals surface area contributed by atoms with E-state index in [4.69, 9.17) is 4.74 Å². The molecule has 0 saturated heterocycles. The fourth-order valence-electron chi connectivity index (χ4n) is 3.81. The van der Waals surface area contributed by atoms with Gasteiger partial charge in [-0.25, -0.2) is 14.4 Å². The van der Waals surface area contributed by atoms with Crippen LogP contribution in [0.4, 0.5) is 4.39 Å². The van der Waals surface area contributed by atoms with Crippen molar-refractivity contribution in [3.8, 4) is 16.9 Å². The number of halogens is 1. The molecule has 3 heterocycles. The molecule has 5 rings (SSSR count). The van der Waals surface area contributed by atoms with Gasteiger partial charge in [-0.3, -0.25) is 4.40 Å². The molecule has 134 valence electrons. The van der Waals surface area contributed by atoms with Gasteiger partial charge in [0.2, 0.25) is 0 Å². The number of nitrogens with zero attached hydrogens (tertiary/aromatic N) is 3. The predicted molar refractivity (Wildman–Crippen MR) is 101 cm³/mol. The van der Waals surface area contributed by atoms with Crippen LogP contribution in [0.25, 0.3) is 16.6 Å². The average molecular weight is 359 g/mol. The van der Waals surface area contributed by atoms with Crippen molar-refractivity contribution in [2.75, 3.05) is 6.61 Å². The number of ether oxygens (including phenoxy) is 1. The number of benzene rings is 2. The summed E-state index contributed by atoms with van der Waals surface area (Å²) in [5.41, 5.74) is 4.89. The van der Waals surface area contributed by atoms with Gasteiger partial charge in [-0.1, -0.05) is 30.3 Å². The number of aryl methyl sites for hydroxylation is 1. The van der Waals surface area contributed by atoms with Gasteiger partial charge in [0, 0.05) is 30.2 Å². The molecular formula is C22H18FN3O. The Labute approximate surface area is 156 Å². The van der Waals surface area contributed by atoms with Crippen LogP contribution < -0.4 is 4.74 Å². The zero-order valence-corrected chi connectivity index (χ0v) is 14.7. The first-order valence-electron chi connectivity index (χ1n) is 9.09. The Hall–Kier alpha value is -3.21. The van der Waals surface area contributed by atoms with Gasteiger partial charge < -0.3 is 4.74 Å². The largest absolute Gasteiger partial charge is 0.493 e. The predicted octanol–water partition coefficient (Wildman–Crippen LogP) is 4.26. The number of aromatic nitrogens is 3. The lowest BCUT2D eigenvalue weighted by molar-refractivity contribution is 0.356. The topological polar surface area (TPSA) is 39.4 Å². The van der Waals surface area contributed by atoms with Gasteiger partial charge in [0.15, 0.2) is 0 Å². The van der Waals surface area contributed by atoms with E-state index in [1.807, 2.05) is 35.0 Å². The third-order valence-electron chi connectivity index (χ3n) is 5.16. The highest BCUT2D eigenvalue weighted by molar-refractivity contribution is 5.79. The normalized spacial score (nSPS) is 12.9. The minimum absolute atomic E-state index is 0.165. The second kappa shape index (κ2) is 6.50. The van der Waals surface area contributed by atoms with Crippen molar-refractivity contribution in [1.29, 1.82) is 0 Å². The molecule has 0 bridgehead atoms. The fraction of sp³-hybridized carbons (Fsp3) is 0.182. The standard InChI is InChI=1S/C22H18FN3O/c23-19-7-8-21-17(10-11-27-21)16(19)6-9-22-25-12-18(15-4-2-1-3-5-15)20-13-24-14-26(20)22/h1-5,7-8,12-14H,6,9-11H2. The molecule has 0 radical (unpaired) electrons. The summed E-state index contributed by atoms with van der Waals surface area (Å²) in [4.78, 5) is 8.97. The van der Waals surface area contributed by atoms with Crippen molar-refractivity contribution < 1.29 is 9.13 Å². The summed E-state index contributed by atoms with van der Waals surface area (Å²) in [6.07, 6.45) is 7.50. The minimum Gasteiger partial charge on any atom is -0.493 e. The van der Waals surface area contributed by atoms with E-state index < -0.39 is 0 Å². The summed E-state index contributed by atoms with van der Waals surface area (Å²) in [5, 5.41) is 0. The van der Waals surface area contributed by atoms with Gasteiger partial charge in [0.05, 0.1) is 18.3 Å². The summed E-state index contributed by atoms with van der Waals surface area (Å²) in [6.45, 7) is 0.627. The molecule has 0 amide bonds. The first-order chi connectivity index (χ1) is 13.3. The number of hydrogen-bond acceptors (Lipinski definition) is 3. The summed E-state index contributed by atoms with van der Waals surface area (Å²) in [5.74, 6) is 1.52. The maximum atomic E-state index is 14.4. The van der Waals surface area contributed by atoms with E-state index in [9.17, 15) is 4.39 Å². The summed E-state index contributed by atoms with van der Waals surface area (Å²) >= 11 is 0. The third-order valence-corrected chi connectivity index (χ3v) is 5.16. The van der Waals surface area contributed by atoms with Crippen molar-refractivity contribution in [2.45, 2.75) is 19.3 Å². The van der Waals surface area contributed by atoms with E-state index in [0.717, 1.165) is 45.8 Å². The SMILES string of the molecule is Fc1ccc2c(c1CCc1ncc(-c3ccccc3)c3cncn13)CCO2. The molecule has 0 unspecified atom stereocenters. The Balaban J connectivity index is 1.49. The zero-order valence-electron chi connectivity index (χ0n) is 14.7. The van der Waals surface area contributed by atoms with Crippen LogP contribution in [0.15, 0.2) is 61.2 Å². The van der Waals surface area contributed by atoms with Gasteiger partial charge in [0.1, 0.15) is 23.7 Å². The smallest absolute Gasteiger partial charge is 0.126 e. The molecule has 0 fully saturated rings. The van der Waals surface area contributed by atoms with Crippen LogP contribution in [0.5, 0.6) is 5.75 Å². The Morgan fingerprint density at radius 3 is 2.81 bits per heavy atom. The third kappa shape index (κ3) is 2.76. The second-order valence-corrected chi connectivity index (χ2v) is 6.70. The van der Waals surface area contributed by atoms with Crippen molar-refractivity contribution in [1.82, 2.24) is 14.4 Å². The molecule has 0 atom stereocenters. The van der Waals surface area contributed by atoms with Crippen molar-refractivity contribution in [2.24, 2.45) is 0 Å². The molecule has 0 N–H and O–H groups in total. The van der Waals surface area contributed by atoms with Gasteiger partial charge in [-0.15, -0.1) is 0 Å². The van der Waals surface area contributed by atoms with E-state index in [1.165, 1.54) is 6.07 Å². The lowest BCUT2D eigenvalue weighted by Crippen LogP contribution is -2.05.